The lowest BCUT2D eigenvalue weighted by Gasteiger charge is -2.14. The number of benzene rings is 3. The Bertz CT molecular complexity index is 1240. The van der Waals surface area contributed by atoms with Gasteiger partial charge in [-0.3, -0.25) is 9.52 Å². The summed E-state index contributed by atoms with van der Waals surface area (Å²) in [7, 11) is -2.39. The highest BCUT2D eigenvalue weighted by Gasteiger charge is 2.21. The number of amides is 1. The molecule has 33 heavy (non-hydrogen) atoms. The van der Waals surface area contributed by atoms with E-state index in [-0.39, 0.29) is 16.1 Å². The molecule has 1 atom stereocenters. The van der Waals surface area contributed by atoms with Gasteiger partial charge in [-0.15, -0.1) is 0 Å². The molecule has 8 nitrogen and oxygen atoms in total. The molecule has 1 unspecified atom stereocenters. The maximum Gasteiger partial charge on any atom is 0.338 e. The van der Waals surface area contributed by atoms with Crippen molar-refractivity contribution < 1.29 is 31.9 Å². The monoisotopic (exact) mass is 472 g/mol. The molecule has 0 radical (unpaired) electrons. The quantitative estimate of drug-likeness (QED) is 0.482. The number of hydrogen-bond acceptors (Lipinski definition) is 6. The SMILES string of the molecule is COc1ccc(NS(=O)(=O)c2ccc(C(=O)OC(C)C(=O)Nc3ccccc3F)cc2)cc1. The van der Waals surface area contributed by atoms with Crippen LogP contribution in [-0.4, -0.2) is 33.5 Å². The summed E-state index contributed by atoms with van der Waals surface area (Å²) in [6.45, 7) is 1.34. The van der Waals surface area contributed by atoms with Crippen molar-refractivity contribution in [2.45, 2.75) is 17.9 Å². The average molecular weight is 472 g/mol. The lowest BCUT2D eigenvalue weighted by Crippen LogP contribution is -2.30. The number of para-hydroxylation sites is 1. The number of nitrogens with one attached hydrogen (secondary N) is 2. The zero-order chi connectivity index (χ0) is 24.0. The van der Waals surface area contributed by atoms with Crippen molar-refractivity contribution in [3.8, 4) is 5.75 Å². The van der Waals surface area contributed by atoms with Crippen LogP contribution < -0.4 is 14.8 Å². The molecular weight excluding hydrogens is 451 g/mol. The van der Waals surface area contributed by atoms with Crippen LogP contribution >= 0.6 is 0 Å². The fourth-order valence-electron chi connectivity index (χ4n) is 2.72. The lowest BCUT2D eigenvalue weighted by molar-refractivity contribution is -0.123. The van der Waals surface area contributed by atoms with Gasteiger partial charge in [0.1, 0.15) is 11.6 Å². The molecule has 0 aromatic heterocycles. The van der Waals surface area contributed by atoms with Crippen LogP contribution in [0.25, 0.3) is 0 Å². The molecular formula is C23H21FN2O6S. The summed E-state index contributed by atoms with van der Waals surface area (Å²) in [4.78, 5) is 24.4. The molecule has 0 bridgehead atoms. The summed E-state index contributed by atoms with van der Waals surface area (Å²) in [6.07, 6.45) is -1.21. The molecule has 172 valence electrons. The van der Waals surface area contributed by atoms with E-state index < -0.39 is 33.8 Å². The van der Waals surface area contributed by atoms with E-state index in [2.05, 4.69) is 10.0 Å². The van der Waals surface area contributed by atoms with Gasteiger partial charge in [0.25, 0.3) is 15.9 Å². The maximum atomic E-state index is 13.7. The normalized spacial score (nSPS) is 11.8. The molecule has 0 aliphatic carbocycles. The summed E-state index contributed by atoms with van der Waals surface area (Å²) >= 11 is 0. The van der Waals surface area contributed by atoms with Gasteiger partial charge in [-0.25, -0.2) is 17.6 Å². The van der Waals surface area contributed by atoms with Crippen LogP contribution in [0.15, 0.2) is 77.7 Å². The van der Waals surface area contributed by atoms with Gasteiger partial charge < -0.3 is 14.8 Å². The van der Waals surface area contributed by atoms with Gasteiger partial charge in [0.15, 0.2) is 6.10 Å². The van der Waals surface area contributed by atoms with Crippen molar-refractivity contribution in [2.24, 2.45) is 0 Å². The van der Waals surface area contributed by atoms with Gasteiger partial charge in [0, 0.05) is 5.69 Å². The fourth-order valence-corrected chi connectivity index (χ4v) is 3.78. The van der Waals surface area contributed by atoms with Crippen molar-refractivity contribution in [1.29, 1.82) is 0 Å². The number of carbonyl (C=O) groups is 2. The van der Waals surface area contributed by atoms with Crippen LogP contribution in [0, 0.1) is 5.82 Å². The Labute approximate surface area is 190 Å². The molecule has 2 N–H and O–H groups in total. The highest BCUT2D eigenvalue weighted by atomic mass is 32.2. The molecule has 1 amide bonds. The minimum absolute atomic E-state index is 0.0377. The Morgan fingerprint density at radius 3 is 2.18 bits per heavy atom. The predicted molar refractivity (Wildman–Crippen MR) is 120 cm³/mol. The average Bonchev–Trinajstić information content (AvgIpc) is 2.80. The van der Waals surface area contributed by atoms with E-state index in [1.165, 1.54) is 56.5 Å². The fraction of sp³-hybridized carbons (Fsp3) is 0.130. The van der Waals surface area contributed by atoms with Gasteiger partial charge in [-0.05, 0) is 67.6 Å². The van der Waals surface area contributed by atoms with E-state index in [0.717, 1.165) is 0 Å². The standard InChI is InChI=1S/C23H21FN2O6S/c1-15(22(27)25-21-6-4-3-5-20(21)24)32-23(28)16-7-13-19(14-8-16)33(29,30)26-17-9-11-18(31-2)12-10-17/h3-15,26H,1-2H3,(H,25,27). The molecule has 0 aliphatic heterocycles. The Morgan fingerprint density at radius 2 is 1.58 bits per heavy atom. The van der Waals surface area contributed by atoms with Crippen molar-refractivity contribution in [3.63, 3.8) is 0 Å². The summed E-state index contributed by atoms with van der Waals surface area (Å²) in [5, 5.41) is 2.34. The number of rotatable bonds is 8. The first-order valence-corrected chi connectivity index (χ1v) is 11.2. The second-order valence-electron chi connectivity index (χ2n) is 6.88. The number of anilines is 2. The van der Waals surface area contributed by atoms with Crippen LogP contribution in [0.3, 0.4) is 0 Å². The third kappa shape index (κ3) is 6.07. The second kappa shape index (κ2) is 10.1. The molecule has 3 rings (SSSR count). The highest BCUT2D eigenvalue weighted by molar-refractivity contribution is 7.92. The molecule has 0 heterocycles. The molecule has 0 fully saturated rings. The first-order valence-electron chi connectivity index (χ1n) is 9.73. The van der Waals surface area contributed by atoms with Gasteiger partial charge in [-0.2, -0.15) is 0 Å². The Kier molecular flexibility index (Phi) is 7.29. The van der Waals surface area contributed by atoms with Crippen molar-refractivity contribution in [1.82, 2.24) is 0 Å². The predicted octanol–water partition coefficient (Wildman–Crippen LogP) is 3.82. The first kappa shape index (κ1) is 23.7. The van der Waals surface area contributed by atoms with E-state index in [9.17, 15) is 22.4 Å². The Morgan fingerprint density at radius 1 is 0.939 bits per heavy atom. The van der Waals surface area contributed by atoms with Crippen LogP contribution in [0.2, 0.25) is 0 Å². The molecule has 0 saturated carbocycles. The van der Waals surface area contributed by atoms with Crippen LogP contribution in [0.1, 0.15) is 17.3 Å². The molecule has 0 saturated heterocycles. The number of esters is 1. The van der Waals surface area contributed by atoms with E-state index in [1.54, 1.807) is 30.3 Å². The number of ether oxygens (including phenoxy) is 2. The zero-order valence-electron chi connectivity index (χ0n) is 17.7. The molecule has 0 spiro atoms. The van der Waals surface area contributed by atoms with Crippen LogP contribution in [-0.2, 0) is 19.6 Å². The third-order valence-corrected chi connectivity index (χ3v) is 5.92. The van der Waals surface area contributed by atoms with E-state index in [4.69, 9.17) is 9.47 Å². The van der Waals surface area contributed by atoms with E-state index in [0.29, 0.717) is 11.4 Å². The minimum Gasteiger partial charge on any atom is -0.497 e. The van der Waals surface area contributed by atoms with Crippen molar-refractivity contribution in [3.05, 3.63) is 84.2 Å². The van der Waals surface area contributed by atoms with E-state index in [1.807, 2.05) is 0 Å². The molecule has 10 heteroatoms. The highest BCUT2D eigenvalue weighted by Crippen LogP contribution is 2.20. The number of hydrogen-bond donors (Lipinski definition) is 2. The van der Waals surface area contributed by atoms with Crippen LogP contribution in [0.4, 0.5) is 15.8 Å². The largest absolute Gasteiger partial charge is 0.497 e. The van der Waals surface area contributed by atoms with Crippen molar-refractivity contribution in [2.75, 3.05) is 17.1 Å². The zero-order valence-corrected chi connectivity index (χ0v) is 18.6. The first-order chi connectivity index (χ1) is 15.7. The number of sulfonamides is 1. The van der Waals surface area contributed by atoms with Crippen LogP contribution in [0.5, 0.6) is 5.75 Å². The number of methoxy groups -OCH3 is 1. The molecule has 0 aliphatic rings. The summed E-state index contributed by atoms with van der Waals surface area (Å²) in [5.74, 6) is -1.59. The number of carbonyl (C=O) groups excluding carboxylic acids is 2. The van der Waals surface area contributed by atoms with Gasteiger partial charge in [0.05, 0.1) is 23.3 Å². The maximum absolute atomic E-state index is 13.7. The Balaban J connectivity index is 1.62. The number of halogens is 1. The topological polar surface area (TPSA) is 111 Å². The lowest BCUT2D eigenvalue weighted by atomic mass is 10.2. The van der Waals surface area contributed by atoms with Gasteiger partial charge in [-0.1, -0.05) is 12.1 Å². The summed E-state index contributed by atoms with van der Waals surface area (Å²) < 4.78 is 51.4. The van der Waals surface area contributed by atoms with Gasteiger partial charge in [0.2, 0.25) is 0 Å². The smallest absolute Gasteiger partial charge is 0.338 e. The Hall–Kier alpha value is -3.92. The molecule has 3 aromatic rings. The summed E-state index contributed by atoms with van der Waals surface area (Å²) in [5.41, 5.74) is 0.349. The minimum atomic E-state index is -3.89. The van der Waals surface area contributed by atoms with E-state index >= 15 is 0 Å². The van der Waals surface area contributed by atoms with Crippen molar-refractivity contribution >= 4 is 33.3 Å². The van der Waals surface area contributed by atoms with Gasteiger partial charge >= 0.3 is 5.97 Å². The second-order valence-corrected chi connectivity index (χ2v) is 8.56. The third-order valence-electron chi connectivity index (χ3n) is 4.53. The summed E-state index contributed by atoms with van der Waals surface area (Å²) in [6, 6.07) is 16.9. The molecule has 3 aromatic carbocycles.